The SMILES string of the molecule is CCCN(CCC)Cc1ccc2nsnc2c1N=Nc1ccc(O)c(Cl)c1. The van der Waals surface area contributed by atoms with Crippen LogP contribution >= 0.6 is 23.3 Å². The molecule has 0 aliphatic carbocycles. The van der Waals surface area contributed by atoms with Crippen LogP contribution in [0.3, 0.4) is 0 Å². The summed E-state index contributed by atoms with van der Waals surface area (Å²) in [6, 6.07) is 8.80. The molecule has 0 atom stereocenters. The Kier molecular flexibility index (Phi) is 6.71. The smallest absolute Gasteiger partial charge is 0.134 e. The average Bonchev–Trinajstić information content (AvgIpc) is 3.13. The first-order valence-corrected chi connectivity index (χ1v) is 10.1. The maximum Gasteiger partial charge on any atom is 0.134 e. The zero-order valence-electron chi connectivity index (χ0n) is 15.4. The molecule has 0 saturated heterocycles. The summed E-state index contributed by atoms with van der Waals surface area (Å²) in [6.45, 7) is 7.23. The first-order chi connectivity index (χ1) is 13.1. The number of aromatic hydroxyl groups is 1. The molecule has 1 aromatic heterocycles. The fourth-order valence-corrected chi connectivity index (χ4v) is 3.64. The number of nitrogens with zero attached hydrogens (tertiary/aromatic N) is 5. The van der Waals surface area contributed by atoms with E-state index >= 15 is 0 Å². The van der Waals surface area contributed by atoms with Gasteiger partial charge in [0.15, 0.2) is 0 Å². The van der Waals surface area contributed by atoms with Crippen molar-refractivity contribution in [3.63, 3.8) is 0 Å². The molecule has 1 heterocycles. The Morgan fingerprint density at radius 3 is 2.56 bits per heavy atom. The molecule has 0 unspecified atom stereocenters. The molecule has 2 aromatic carbocycles. The number of phenolic OH excluding ortho intramolecular Hbond substituents is 1. The average molecular weight is 404 g/mol. The lowest BCUT2D eigenvalue weighted by Crippen LogP contribution is -2.24. The maximum absolute atomic E-state index is 9.56. The summed E-state index contributed by atoms with van der Waals surface area (Å²) in [5, 5.41) is 18.6. The van der Waals surface area contributed by atoms with Gasteiger partial charge in [0, 0.05) is 6.54 Å². The monoisotopic (exact) mass is 403 g/mol. The lowest BCUT2D eigenvalue weighted by molar-refractivity contribution is 0.267. The van der Waals surface area contributed by atoms with E-state index in [4.69, 9.17) is 11.6 Å². The number of halogens is 1. The minimum absolute atomic E-state index is 0.0249. The number of phenols is 1. The Labute approximate surface area is 167 Å². The summed E-state index contributed by atoms with van der Waals surface area (Å²) in [5.74, 6) is 0.0249. The van der Waals surface area contributed by atoms with Crippen molar-refractivity contribution < 1.29 is 5.11 Å². The number of rotatable bonds is 8. The van der Waals surface area contributed by atoms with E-state index < -0.39 is 0 Å². The number of azo groups is 1. The van der Waals surface area contributed by atoms with Crippen LogP contribution in [0.15, 0.2) is 40.6 Å². The van der Waals surface area contributed by atoms with Crippen molar-refractivity contribution >= 4 is 45.7 Å². The van der Waals surface area contributed by atoms with Crippen molar-refractivity contribution in [1.29, 1.82) is 0 Å². The third-order valence-corrected chi connectivity index (χ3v) is 5.00. The minimum atomic E-state index is 0.0249. The summed E-state index contributed by atoms with van der Waals surface area (Å²) in [4.78, 5) is 2.41. The highest BCUT2D eigenvalue weighted by Gasteiger charge is 2.14. The maximum atomic E-state index is 9.56. The number of fused-ring (bicyclic) bond motifs is 1. The summed E-state index contributed by atoms with van der Waals surface area (Å²) in [6.07, 6.45) is 2.20. The Morgan fingerprint density at radius 2 is 1.85 bits per heavy atom. The van der Waals surface area contributed by atoms with Gasteiger partial charge in [0.05, 0.1) is 22.4 Å². The fourth-order valence-electron chi connectivity index (χ4n) is 2.93. The number of hydrogen-bond acceptors (Lipinski definition) is 7. The fraction of sp³-hybridized carbons (Fsp3) is 0.368. The van der Waals surface area contributed by atoms with Crippen molar-refractivity contribution in [2.24, 2.45) is 10.2 Å². The van der Waals surface area contributed by atoms with E-state index in [-0.39, 0.29) is 10.8 Å². The topological polar surface area (TPSA) is 74.0 Å². The molecular formula is C19H22ClN5OS. The van der Waals surface area contributed by atoms with Gasteiger partial charge in [-0.2, -0.15) is 13.9 Å². The van der Waals surface area contributed by atoms with Crippen LogP contribution in [0.5, 0.6) is 5.75 Å². The minimum Gasteiger partial charge on any atom is -0.506 e. The predicted molar refractivity (Wildman–Crippen MR) is 111 cm³/mol. The molecule has 0 bridgehead atoms. The molecule has 1 N–H and O–H groups in total. The molecule has 0 spiro atoms. The van der Waals surface area contributed by atoms with Crippen molar-refractivity contribution in [1.82, 2.24) is 13.6 Å². The Balaban J connectivity index is 1.97. The number of benzene rings is 2. The molecule has 6 nitrogen and oxygen atoms in total. The van der Waals surface area contributed by atoms with E-state index in [1.807, 2.05) is 6.07 Å². The lowest BCUT2D eigenvalue weighted by Gasteiger charge is -2.21. The highest BCUT2D eigenvalue weighted by Crippen LogP contribution is 2.33. The van der Waals surface area contributed by atoms with Crippen molar-refractivity contribution in [3.8, 4) is 5.75 Å². The van der Waals surface area contributed by atoms with E-state index in [9.17, 15) is 5.11 Å². The molecular weight excluding hydrogens is 382 g/mol. The van der Waals surface area contributed by atoms with Gasteiger partial charge in [-0.3, -0.25) is 4.90 Å². The van der Waals surface area contributed by atoms with Crippen LogP contribution in [-0.4, -0.2) is 31.8 Å². The van der Waals surface area contributed by atoms with Crippen molar-refractivity contribution in [2.45, 2.75) is 33.2 Å². The first kappa shape index (κ1) is 19.7. The van der Waals surface area contributed by atoms with Crippen LogP contribution in [0, 0.1) is 0 Å². The molecule has 8 heteroatoms. The zero-order valence-corrected chi connectivity index (χ0v) is 17.0. The summed E-state index contributed by atoms with van der Waals surface area (Å²) >= 11 is 7.14. The van der Waals surface area contributed by atoms with Gasteiger partial charge in [0.2, 0.25) is 0 Å². The molecule has 3 aromatic rings. The van der Waals surface area contributed by atoms with Crippen LogP contribution in [0.4, 0.5) is 11.4 Å². The number of aromatic nitrogens is 2. The quantitative estimate of drug-likeness (QED) is 0.462. The largest absolute Gasteiger partial charge is 0.506 e. The van der Waals surface area contributed by atoms with Crippen LogP contribution in [0.1, 0.15) is 32.3 Å². The number of hydrogen-bond donors (Lipinski definition) is 1. The molecule has 3 rings (SSSR count). The lowest BCUT2D eigenvalue weighted by atomic mass is 10.1. The van der Waals surface area contributed by atoms with E-state index in [0.717, 1.165) is 54.8 Å². The molecule has 0 radical (unpaired) electrons. The molecule has 0 amide bonds. The van der Waals surface area contributed by atoms with Gasteiger partial charge in [-0.15, -0.1) is 5.11 Å². The Morgan fingerprint density at radius 1 is 1.07 bits per heavy atom. The third-order valence-electron chi connectivity index (χ3n) is 4.16. The molecule has 27 heavy (non-hydrogen) atoms. The Bertz CT molecular complexity index is 937. The summed E-state index contributed by atoms with van der Waals surface area (Å²) in [5.41, 5.74) is 3.97. The van der Waals surface area contributed by atoms with E-state index in [1.54, 1.807) is 12.1 Å². The summed E-state index contributed by atoms with van der Waals surface area (Å²) < 4.78 is 8.73. The van der Waals surface area contributed by atoms with Gasteiger partial charge >= 0.3 is 0 Å². The second-order valence-corrected chi connectivity index (χ2v) is 7.25. The summed E-state index contributed by atoms with van der Waals surface area (Å²) in [7, 11) is 0. The molecule has 0 aliphatic rings. The van der Waals surface area contributed by atoms with E-state index in [2.05, 4.69) is 43.8 Å². The van der Waals surface area contributed by atoms with Gasteiger partial charge in [-0.25, -0.2) is 0 Å². The predicted octanol–water partition coefficient (Wildman–Crippen LogP) is 6.09. The standard InChI is InChI=1S/C19H22ClN5OS/c1-3-9-25(10-4-2)12-13-5-7-16-19(24-27-23-16)18(13)22-21-14-6-8-17(26)15(20)11-14/h5-8,11,26H,3-4,9-10,12H2,1-2H3. The first-order valence-electron chi connectivity index (χ1n) is 8.99. The van der Waals surface area contributed by atoms with E-state index in [1.165, 1.54) is 17.8 Å². The highest BCUT2D eigenvalue weighted by molar-refractivity contribution is 7.00. The third kappa shape index (κ3) is 4.80. The van der Waals surface area contributed by atoms with Crippen LogP contribution in [-0.2, 0) is 6.54 Å². The van der Waals surface area contributed by atoms with Crippen LogP contribution in [0.2, 0.25) is 5.02 Å². The Hall–Kier alpha value is -2.09. The van der Waals surface area contributed by atoms with Crippen LogP contribution < -0.4 is 0 Å². The van der Waals surface area contributed by atoms with Gasteiger partial charge in [0.25, 0.3) is 0 Å². The van der Waals surface area contributed by atoms with E-state index in [0.29, 0.717) is 5.69 Å². The van der Waals surface area contributed by atoms with Gasteiger partial charge in [0.1, 0.15) is 22.5 Å². The molecule has 0 saturated carbocycles. The highest BCUT2D eigenvalue weighted by atomic mass is 35.5. The van der Waals surface area contributed by atoms with Gasteiger partial charge in [-0.1, -0.05) is 31.5 Å². The second-order valence-electron chi connectivity index (χ2n) is 6.32. The molecule has 142 valence electrons. The van der Waals surface area contributed by atoms with Crippen molar-refractivity contribution in [3.05, 3.63) is 40.9 Å². The second kappa shape index (κ2) is 9.21. The molecule has 0 aliphatic heterocycles. The van der Waals surface area contributed by atoms with Crippen LogP contribution in [0.25, 0.3) is 11.0 Å². The normalized spacial score (nSPS) is 11.9. The van der Waals surface area contributed by atoms with Gasteiger partial charge in [-0.05, 0) is 55.8 Å². The van der Waals surface area contributed by atoms with Crippen molar-refractivity contribution in [2.75, 3.05) is 13.1 Å². The zero-order chi connectivity index (χ0) is 19.2. The van der Waals surface area contributed by atoms with Gasteiger partial charge < -0.3 is 5.11 Å². The molecule has 0 fully saturated rings.